The molecule has 0 aliphatic carbocycles. The topological polar surface area (TPSA) is 76.4 Å². The van der Waals surface area contributed by atoms with Crippen LogP contribution in [0.15, 0.2) is 16.7 Å². The summed E-state index contributed by atoms with van der Waals surface area (Å²) in [6.45, 7) is 1.72. The minimum Gasteiger partial charge on any atom is -0.477 e. The number of halogens is 1. The zero-order valence-electron chi connectivity index (χ0n) is 8.68. The monoisotopic (exact) mass is 309 g/mol. The molecule has 1 heterocycles. The van der Waals surface area contributed by atoms with Crippen molar-refractivity contribution in [3.8, 4) is 0 Å². The molecule has 7 heteroatoms. The van der Waals surface area contributed by atoms with Crippen molar-refractivity contribution in [3.63, 3.8) is 0 Å². The third kappa shape index (κ3) is 3.34. The van der Waals surface area contributed by atoms with Crippen LogP contribution in [-0.4, -0.2) is 35.6 Å². The third-order valence-electron chi connectivity index (χ3n) is 2.17. The van der Waals surface area contributed by atoms with Crippen LogP contribution in [0.25, 0.3) is 0 Å². The van der Waals surface area contributed by atoms with Crippen molar-refractivity contribution in [1.29, 1.82) is 0 Å². The molecule has 0 bridgehead atoms. The average molecular weight is 310 g/mol. The minimum atomic E-state index is -3.08. The molecular weight excluding hydrogens is 298 g/mol. The van der Waals surface area contributed by atoms with Crippen LogP contribution in [0, 0.1) is 0 Å². The Morgan fingerprint density at radius 3 is 2.69 bits per heavy atom. The van der Waals surface area contributed by atoms with Gasteiger partial charge >= 0.3 is 5.97 Å². The van der Waals surface area contributed by atoms with Crippen molar-refractivity contribution in [3.05, 3.63) is 22.4 Å². The molecule has 0 aromatic carbocycles. The normalized spacial score (nSPS) is 11.6. The van der Waals surface area contributed by atoms with Crippen molar-refractivity contribution in [2.45, 2.75) is 13.5 Å². The summed E-state index contributed by atoms with van der Waals surface area (Å²) >= 11 is 3.16. The van der Waals surface area contributed by atoms with E-state index in [0.29, 0.717) is 4.47 Å². The maximum atomic E-state index is 11.3. The fraction of sp³-hybridized carbons (Fsp3) is 0.444. The molecule has 0 fully saturated rings. The number of aromatic nitrogens is 1. The summed E-state index contributed by atoms with van der Waals surface area (Å²) in [7, 11) is -3.08. The second kappa shape index (κ2) is 5.01. The number of aryl methyl sites for hydroxylation is 1. The number of nitrogens with zero attached hydrogens (tertiary/aromatic N) is 1. The number of hydrogen-bond donors (Lipinski definition) is 1. The Labute approximate surface area is 102 Å². The van der Waals surface area contributed by atoms with Crippen LogP contribution in [0.4, 0.5) is 0 Å². The smallest absolute Gasteiger partial charge is 0.352 e. The number of carboxylic acids is 1. The summed E-state index contributed by atoms with van der Waals surface area (Å²) < 4.78 is 24.6. The highest BCUT2D eigenvalue weighted by molar-refractivity contribution is 9.10. The first kappa shape index (κ1) is 13.2. The Hall–Kier alpha value is -0.820. The van der Waals surface area contributed by atoms with Gasteiger partial charge in [0, 0.05) is 23.0 Å². The molecule has 0 atom stereocenters. The maximum absolute atomic E-state index is 11.3. The van der Waals surface area contributed by atoms with Crippen LogP contribution in [-0.2, 0) is 16.4 Å². The lowest BCUT2D eigenvalue weighted by Crippen LogP contribution is -2.17. The highest BCUT2D eigenvalue weighted by Gasteiger charge is 2.14. The first-order valence-corrected chi connectivity index (χ1v) is 7.26. The van der Waals surface area contributed by atoms with E-state index in [4.69, 9.17) is 5.11 Å². The van der Waals surface area contributed by atoms with Gasteiger partial charge in [0.1, 0.15) is 5.69 Å². The van der Waals surface area contributed by atoms with Crippen LogP contribution in [0.2, 0.25) is 0 Å². The first-order valence-electron chi connectivity index (χ1n) is 4.65. The first-order chi connectivity index (χ1) is 7.35. The van der Waals surface area contributed by atoms with E-state index >= 15 is 0 Å². The van der Waals surface area contributed by atoms with Crippen LogP contribution in [0.1, 0.15) is 17.4 Å². The van der Waals surface area contributed by atoms with E-state index in [2.05, 4.69) is 15.9 Å². The third-order valence-corrected chi connectivity index (χ3v) is 4.28. The van der Waals surface area contributed by atoms with Gasteiger partial charge in [-0.3, -0.25) is 0 Å². The van der Waals surface area contributed by atoms with Gasteiger partial charge in [-0.15, -0.1) is 0 Å². The molecule has 0 spiro atoms. The van der Waals surface area contributed by atoms with Crippen molar-refractivity contribution >= 4 is 31.7 Å². The maximum Gasteiger partial charge on any atom is 0.352 e. The SMILES string of the molecule is CCS(=O)(=O)CCn1cc(Br)cc1C(=O)O. The Bertz CT molecular complexity index is 492. The molecule has 16 heavy (non-hydrogen) atoms. The number of rotatable bonds is 5. The highest BCUT2D eigenvalue weighted by Crippen LogP contribution is 2.15. The molecule has 1 aromatic heterocycles. The molecule has 1 rings (SSSR count). The standard InChI is InChI=1S/C9H12BrNO4S/c1-2-16(14,15)4-3-11-6-7(10)5-8(11)9(12)13/h5-6H,2-4H2,1H3,(H,12,13). The van der Waals surface area contributed by atoms with E-state index < -0.39 is 15.8 Å². The molecular formula is C9H12BrNO4S. The Morgan fingerprint density at radius 2 is 2.19 bits per heavy atom. The van der Waals surface area contributed by atoms with Crippen LogP contribution >= 0.6 is 15.9 Å². The van der Waals surface area contributed by atoms with Crippen molar-refractivity contribution in [2.75, 3.05) is 11.5 Å². The van der Waals surface area contributed by atoms with Gasteiger partial charge in [0.25, 0.3) is 0 Å². The van der Waals surface area contributed by atoms with E-state index in [0.717, 1.165) is 0 Å². The van der Waals surface area contributed by atoms with Gasteiger partial charge in [-0.2, -0.15) is 0 Å². The summed E-state index contributed by atoms with van der Waals surface area (Å²) in [4.78, 5) is 10.8. The van der Waals surface area contributed by atoms with Gasteiger partial charge < -0.3 is 9.67 Å². The van der Waals surface area contributed by atoms with E-state index in [1.807, 2.05) is 0 Å². The lowest BCUT2D eigenvalue weighted by atomic mass is 10.4. The van der Waals surface area contributed by atoms with Crippen molar-refractivity contribution in [2.24, 2.45) is 0 Å². The second-order valence-corrected chi connectivity index (χ2v) is 6.67. The summed E-state index contributed by atoms with van der Waals surface area (Å²) in [5, 5.41) is 8.87. The molecule has 5 nitrogen and oxygen atoms in total. The molecule has 0 saturated carbocycles. The van der Waals surface area contributed by atoms with Gasteiger partial charge in [0.05, 0.1) is 5.75 Å². The zero-order chi connectivity index (χ0) is 12.3. The quantitative estimate of drug-likeness (QED) is 0.891. The lowest BCUT2D eigenvalue weighted by Gasteiger charge is -2.05. The van der Waals surface area contributed by atoms with Gasteiger partial charge in [0.2, 0.25) is 0 Å². The summed E-state index contributed by atoms with van der Waals surface area (Å²) in [6.07, 6.45) is 1.56. The van der Waals surface area contributed by atoms with Crippen LogP contribution in [0.3, 0.4) is 0 Å². The fourth-order valence-electron chi connectivity index (χ4n) is 1.22. The fourth-order valence-corrected chi connectivity index (χ4v) is 2.45. The Morgan fingerprint density at radius 1 is 1.56 bits per heavy atom. The van der Waals surface area contributed by atoms with E-state index in [9.17, 15) is 13.2 Å². The summed E-state index contributed by atoms with van der Waals surface area (Å²) in [5.41, 5.74) is 0.0816. The van der Waals surface area contributed by atoms with Gasteiger partial charge in [-0.1, -0.05) is 6.92 Å². The van der Waals surface area contributed by atoms with Gasteiger partial charge in [-0.05, 0) is 22.0 Å². The molecule has 1 aromatic rings. The summed E-state index contributed by atoms with van der Waals surface area (Å²) in [6, 6.07) is 1.45. The zero-order valence-corrected chi connectivity index (χ0v) is 11.1. The Kier molecular flexibility index (Phi) is 4.15. The number of aromatic carboxylic acids is 1. The predicted octanol–water partition coefficient (Wildman–Crippen LogP) is 1.38. The number of sulfone groups is 1. The molecule has 0 radical (unpaired) electrons. The van der Waals surface area contributed by atoms with Crippen molar-refractivity contribution in [1.82, 2.24) is 4.57 Å². The van der Waals surface area contributed by atoms with Crippen molar-refractivity contribution < 1.29 is 18.3 Å². The van der Waals surface area contributed by atoms with Crippen LogP contribution in [0.5, 0.6) is 0 Å². The van der Waals surface area contributed by atoms with E-state index in [-0.39, 0.29) is 23.7 Å². The predicted molar refractivity (Wildman–Crippen MR) is 63.4 cm³/mol. The minimum absolute atomic E-state index is 0.0507. The Balaban J connectivity index is 2.86. The molecule has 0 unspecified atom stereocenters. The van der Waals surface area contributed by atoms with E-state index in [1.54, 1.807) is 13.1 Å². The number of carbonyl (C=O) groups is 1. The molecule has 0 amide bonds. The summed E-state index contributed by atoms with van der Waals surface area (Å²) in [5.74, 6) is -1.05. The van der Waals surface area contributed by atoms with E-state index in [1.165, 1.54) is 10.6 Å². The largest absolute Gasteiger partial charge is 0.477 e. The molecule has 1 N–H and O–H groups in total. The second-order valence-electron chi connectivity index (χ2n) is 3.28. The number of carboxylic acid groups (broad SMARTS) is 1. The van der Waals surface area contributed by atoms with Crippen LogP contribution < -0.4 is 0 Å². The molecule has 0 aliphatic heterocycles. The molecule has 90 valence electrons. The van der Waals surface area contributed by atoms with Gasteiger partial charge in [-0.25, -0.2) is 13.2 Å². The molecule has 0 aliphatic rings. The average Bonchev–Trinajstić information content (AvgIpc) is 2.57. The lowest BCUT2D eigenvalue weighted by molar-refractivity contribution is 0.0685. The highest BCUT2D eigenvalue weighted by atomic mass is 79.9. The number of hydrogen-bond acceptors (Lipinski definition) is 3. The van der Waals surface area contributed by atoms with Gasteiger partial charge in [0.15, 0.2) is 9.84 Å². The molecule has 0 saturated heterocycles.